The number of hydrogen-bond donors (Lipinski definition) is 0. The third-order valence-electron chi connectivity index (χ3n) is 4.15. The zero-order valence-corrected chi connectivity index (χ0v) is 17.0. The van der Waals surface area contributed by atoms with Crippen molar-refractivity contribution in [3.05, 3.63) is 46.9 Å². The normalized spacial score (nSPS) is 15.2. The molecule has 1 aromatic rings. The zero-order chi connectivity index (χ0) is 20.5. The second-order valence-electron chi connectivity index (χ2n) is 6.42. The number of imide groups is 1. The monoisotopic (exact) mass is 403 g/mol. The highest BCUT2D eigenvalue weighted by Crippen LogP contribution is 2.33. The first-order valence-corrected chi connectivity index (χ1v) is 9.98. The molecule has 2 rings (SSSR count). The van der Waals surface area contributed by atoms with E-state index in [1.165, 1.54) is 7.05 Å². The van der Waals surface area contributed by atoms with Gasteiger partial charge in [0.25, 0.3) is 11.1 Å². The summed E-state index contributed by atoms with van der Waals surface area (Å²) in [5.41, 5.74) is 1.83. The lowest BCUT2D eigenvalue weighted by atomic mass is 10.1. The van der Waals surface area contributed by atoms with Gasteiger partial charge in [0.2, 0.25) is 0 Å². The van der Waals surface area contributed by atoms with Gasteiger partial charge in [-0.3, -0.25) is 14.5 Å². The van der Waals surface area contributed by atoms with Crippen molar-refractivity contribution >= 4 is 35.0 Å². The van der Waals surface area contributed by atoms with Crippen molar-refractivity contribution in [1.29, 1.82) is 0 Å². The van der Waals surface area contributed by atoms with Crippen molar-refractivity contribution in [2.75, 3.05) is 20.3 Å². The fourth-order valence-electron chi connectivity index (χ4n) is 2.57. The van der Waals surface area contributed by atoms with Crippen LogP contribution in [0.3, 0.4) is 0 Å². The first kappa shape index (κ1) is 21.8. The molecule has 150 valence electrons. The molecular weight excluding hydrogens is 378 g/mol. The van der Waals surface area contributed by atoms with Crippen LogP contribution in [-0.2, 0) is 14.3 Å². The van der Waals surface area contributed by atoms with E-state index in [2.05, 4.69) is 6.58 Å². The van der Waals surface area contributed by atoms with Crippen molar-refractivity contribution in [3.8, 4) is 5.75 Å². The molecule has 1 aliphatic heterocycles. The van der Waals surface area contributed by atoms with Crippen molar-refractivity contribution < 1.29 is 23.9 Å². The van der Waals surface area contributed by atoms with Gasteiger partial charge in [0.05, 0.1) is 18.1 Å². The molecule has 1 heterocycles. The highest BCUT2D eigenvalue weighted by molar-refractivity contribution is 8.18. The number of ether oxygens (including phenoxy) is 2. The van der Waals surface area contributed by atoms with Gasteiger partial charge in [0.1, 0.15) is 5.75 Å². The predicted octanol–water partition coefficient (Wildman–Crippen LogP) is 4.33. The van der Waals surface area contributed by atoms with E-state index >= 15 is 0 Å². The highest BCUT2D eigenvalue weighted by Gasteiger charge is 2.32. The minimum Gasteiger partial charge on any atom is -0.493 e. The topological polar surface area (TPSA) is 72.9 Å². The van der Waals surface area contributed by atoms with Gasteiger partial charge < -0.3 is 9.47 Å². The lowest BCUT2D eigenvalue weighted by Gasteiger charge is -2.11. The van der Waals surface area contributed by atoms with E-state index in [0.717, 1.165) is 59.5 Å². The number of nitrogens with zero attached hydrogens (tertiary/aromatic N) is 1. The van der Waals surface area contributed by atoms with Gasteiger partial charge >= 0.3 is 5.97 Å². The maximum atomic E-state index is 12.1. The van der Waals surface area contributed by atoms with E-state index in [-0.39, 0.29) is 11.1 Å². The summed E-state index contributed by atoms with van der Waals surface area (Å²) in [6.45, 7) is 6.27. The maximum absolute atomic E-state index is 12.1. The van der Waals surface area contributed by atoms with Gasteiger partial charge in [-0.25, -0.2) is 4.79 Å². The molecule has 0 N–H and O–H groups in total. The number of carbonyl (C=O) groups excluding carboxylic acids is 3. The zero-order valence-electron chi connectivity index (χ0n) is 16.2. The molecule has 0 aromatic heterocycles. The molecule has 0 spiro atoms. The van der Waals surface area contributed by atoms with Gasteiger partial charge in [0, 0.05) is 18.7 Å². The molecule has 7 heteroatoms. The molecule has 0 radical (unpaired) electrons. The number of esters is 1. The van der Waals surface area contributed by atoms with E-state index in [1.54, 1.807) is 6.08 Å². The summed E-state index contributed by atoms with van der Waals surface area (Å²) in [5.74, 6) is 0.00387. The summed E-state index contributed by atoms with van der Waals surface area (Å²) in [6, 6.07) is 5.77. The SMILES string of the molecule is C=CC(=O)OCCCCCCOc1ccc(C)cc1/C=C1\SC(=O)N(C)C1=O. The van der Waals surface area contributed by atoms with Gasteiger partial charge in [0.15, 0.2) is 0 Å². The Kier molecular flexibility index (Phi) is 8.32. The molecule has 0 aliphatic carbocycles. The number of amides is 2. The largest absolute Gasteiger partial charge is 0.493 e. The molecule has 0 unspecified atom stereocenters. The Morgan fingerprint density at radius 2 is 1.89 bits per heavy atom. The number of benzene rings is 1. The van der Waals surface area contributed by atoms with E-state index in [0.29, 0.717) is 23.9 Å². The number of aryl methyl sites for hydroxylation is 1. The van der Waals surface area contributed by atoms with Gasteiger partial charge in [-0.15, -0.1) is 0 Å². The molecular formula is C21H25NO5S. The Bertz CT molecular complexity index is 787. The van der Waals surface area contributed by atoms with Crippen molar-refractivity contribution in [3.63, 3.8) is 0 Å². The average molecular weight is 404 g/mol. The summed E-state index contributed by atoms with van der Waals surface area (Å²) in [7, 11) is 1.48. The van der Waals surface area contributed by atoms with Crippen LogP contribution in [0.2, 0.25) is 0 Å². The fraction of sp³-hybridized carbons (Fsp3) is 0.381. The number of carbonyl (C=O) groups is 3. The molecule has 1 saturated heterocycles. The van der Waals surface area contributed by atoms with Crippen LogP contribution in [0.25, 0.3) is 6.08 Å². The molecule has 28 heavy (non-hydrogen) atoms. The Morgan fingerprint density at radius 1 is 1.18 bits per heavy atom. The number of rotatable bonds is 10. The van der Waals surface area contributed by atoms with Crippen LogP contribution in [0, 0.1) is 6.92 Å². The number of thioether (sulfide) groups is 1. The van der Waals surface area contributed by atoms with Crippen LogP contribution in [-0.4, -0.2) is 42.3 Å². The smallest absolute Gasteiger partial charge is 0.330 e. The van der Waals surface area contributed by atoms with Gasteiger partial charge in [-0.2, -0.15) is 0 Å². The van der Waals surface area contributed by atoms with Crippen molar-refractivity contribution in [2.24, 2.45) is 0 Å². The molecule has 2 amide bonds. The number of hydrogen-bond acceptors (Lipinski definition) is 6. The first-order valence-electron chi connectivity index (χ1n) is 9.16. The lowest BCUT2D eigenvalue weighted by Crippen LogP contribution is -2.22. The lowest BCUT2D eigenvalue weighted by molar-refractivity contribution is -0.137. The standard InChI is InChI=1S/C21H25NO5S/c1-4-19(23)27-12-8-6-5-7-11-26-17-10-9-15(2)13-16(17)14-18-20(24)22(3)21(25)28-18/h4,9-10,13-14H,1,5-8,11-12H2,2-3H3/b18-14-. The van der Waals surface area contributed by atoms with Gasteiger partial charge in [-0.05, 0) is 62.6 Å². The molecule has 6 nitrogen and oxygen atoms in total. The van der Waals surface area contributed by atoms with Crippen LogP contribution < -0.4 is 4.74 Å². The summed E-state index contributed by atoms with van der Waals surface area (Å²) in [4.78, 5) is 36.2. The van der Waals surface area contributed by atoms with Crippen LogP contribution in [0.5, 0.6) is 5.75 Å². The number of unbranched alkanes of at least 4 members (excludes halogenated alkanes) is 3. The quantitative estimate of drug-likeness (QED) is 0.329. The second-order valence-corrected chi connectivity index (χ2v) is 7.41. The van der Waals surface area contributed by atoms with E-state index in [4.69, 9.17) is 9.47 Å². The minimum atomic E-state index is -0.392. The molecule has 1 aliphatic rings. The highest BCUT2D eigenvalue weighted by atomic mass is 32.2. The molecule has 1 fully saturated rings. The molecule has 0 saturated carbocycles. The van der Waals surface area contributed by atoms with Crippen LogP contribution >= 0.6 is 11.8 Å². The average Bonchev–Trinajstić information content (AvgIpc) is 2.91. The summed E-state index contributed by atoms with van der Waals surface area (Å²) < 4.78 is 10.8. The van der Waals surface area contributed by atoms with Crippen LogP contribution in [0.1, 0.15) is 36.8 Å². The Labute approximate surface area is 169 Å². The second kappa shape index (κ2) is 10.7. The van der Waals surface area contributed by atoms with E-state index in [9.17, 15) is 14.4 Å². The summed E-state index contributed by atoms with van der Waals surface area (Å²) in [6.07, 6.45) is 6.45. The Morgan fingerprint density at radius 3 is 2.54 bits per heavy atom. The maximum Gasteiger partial charge on any atom is 0.330 e. The van der Waals surface area contributed by atoms with Gasteiger partial charge in [-0.1, -0.05) is 18.2 Å². The third-order valence-corrected chi connectivity index (χ3v) is 5.11. The molecule has 0 atom stereocenters. The van der Waals surface area contributed by atoms with Crippen molar-refractivity contribution in [1.82, 2.24) is 4.90 Å². The van der Waals surface area contributed by atoms with Crippen LogP contribution in [0.4, 0.5) is 4.79 Å². The minimum absolute atomic E-state index is 0.273. The Hall–Kier alpha value is -2.54. The predicted molar refractivity (Wildman–Crippen MR) is 110 cm³/mol. The van der Waals surface area contributed by atoms with E-state index in [1.807, 2.05) is 25.1 Å². The Balaban J connectivity index is 1.84. The number of likely N-dealkylation sites (N-methyl/N-ethyl adjacent to an activating group) is 1. The van der Waals surface area contributed by atoms with Crippen molar-refractivity contribution in [2.45, 2.75) is 32.6 Å². The molecule has 0 bridgehead atoms. The van der Waals surface area contributed by atoms with E-state index < -0.39 is 5.97 Å². The first-order chi connectivity index (χ1) is 13.4. The third kappa shape index (κ3) is 6.27. The fourth-order valence-corrected chi connectivity index (χ4v) is 3.39. The summed E-state index contributed by atoms with van der Waals surface area (Å²) in [5, 5.41) is -0.273. The summed E-state index contributed by atoms with van der Waals surface area (Å²) >= 11 is 0.935. The molecule has 1 aromatic carbocycles. The van der Waals surface area contributed by atoms with Crippen LogP contribution in [0.15, 0.2) is 35.8 Å².